The van der Waals surface area contributed by atoms with E-state index in [2.05, 4.69) is 0 Å². The molecule has 1 unspecified atom stereocenters. The normalized spacial score (nSPS) is 11.4. The predicted octanol–water partition coefficient (Wildman–Crippen LogP) is 3.74. The van der Waals surface area contributed by atoms with Gasteiger partial charge in [0.15, 0.2) is 5.78 Å². The maximum atomic E-state index is 12.5. The van der Waals surface area contributed by atoms with Crippen molar-refractivity contribution in [1.29, 1.82) is 5.26 Å². The summed E-state index contributed by atoms with van der Waals surface area (Å²) in [4.78, 5) is 22.8. The molecule has 6 heteroatoms. The predicted molar refractivity (Wildman–Crippen MR) is 77.2 cm³/mol. The standard InChI is InChI=1S/C15H9ClN2O3/c16-13-7-3-1-5-10(13)12(9-17)15(19)11-6-2-4-8-14(11)18(20)21/h1-8,12H. The number of hydrogen-bond donors (Lipinski definition) is 0. The first kappa shape index (κ1) is 14.7. The number of carbonyl (C=O) groups excluding carboxylic acids is 1. The first-order valence-corrected chi connectivity index (χ1v) is 6.35. The van der Waals surface area contributed by atoms with Crippen LogP contribution in [-0.4, -0.2) is 10.7 Å². The number of ketones is 1. The van der Waals surface area contributed by atoms with Crippen LogP contribution in [0.2, 0.25) is 5.02 Å². The van der Waals surface area contributed by atoms with E-state index >= 15 is 0 Å². The molecule has 2 aromatic carbocycles. The van der Waals surface area contributed by atoms with Crippen LogP contribution in [0.1, 0.15) is 21.8 Å². The summed E-state index contributed by atoms with van der Waals surface area (Å²) < 4.78 is 0. The molecule has 0 N–H and O–H groups in total. The third-order valence-corrected chi connectivity index (χ3v) is 3.32. The molecule has 1 atom stereocenters. The van der Waals surface area contributed by atoms with E-state index in [1.165, 1.54) is 24.3 Å². The molecule has 0 bridgehead atoms. The second-order valence-corrected chi connectivity index (χ2v) is 4.63. The third kappa shape index (κ3) is 2.91. The Labute approximate surface area is 125 Å². The van der Waals surface area contributed by atoms with Gasteiger partial charge in [0, 0.05) is 11.1 Å². The lowest BCUT2D eigenvalue weighted by molar-refractivity contribution is -0.385. The maximum Gasteiger partial charge on any atom is 0.280 e. The van der Waals surface area contributed by atoms with Crippen molar-refractivity contribution in [3.8, 4) is 6.07 Å². The number of nitriles is 1. The molecule has 0 aliphatic carbocycles. The lowest BCUT2D eigenvalue weighted by Gasteiger charge is -2.10. The smallest absolute Gasteiger partial charge is 0.280 e. The molecule has 0 fully saturated rings. The molecule has 0 spiro atoms. The number of para-hydroxylation sites is 1. The number of halogens is 1. The van der Waals surface area contributed by atoms with E-state index < -0.39 is 16.6 Å². The zero-order valence-electron chi connectivity index (χ0n) is 10.7. The molecule has 0 aromatic heterocycles. The number of hydrogen-bond acceptors (Lipinski definition) is 4. The van der Waals surface area contributed by atoms with Crippen LogP contribution < -0.4 is 0 Å². The lowest BCUT2D eigenvalue weighted by Crippen LogP contribution is -2.13. The zero-order chi connectivity index (χ0) is 15.4. The van der Waals surface area contributed by atoms with Crippen molar-refractivity contribution < 1.29 is 9.72 Å². The summed E-state index contributed by atoms with van der Waals surface area (Å²) in [7, 11) is 0. The Kier molecular flexibility index (Phi) is 4.31. The minimum absolute atomic E-state index is 0.103. The molecule has 104 valence electrons. The van der Waals surface area contributed by atoms with Crippen molar-refractivity contribution in [2.24, 2.45) is 0 Å². The van der Waals surface area contributed by atoms with Gasteiger partial charge < -0.3 is 0 Å². The summed E-state index contributed by atoms with van der Waals surface area (Å²) in [5, 5.41) is 20.5. The van der Waals surface area contributed by atoms with E-state index in [9.17, 15) is 20.2 Å². The minimum Gasteiger partial charge on any atom is -0.292 e. The molecule has 2 rings (SSSR count). The molecule has 0 saturated heterocycles. The summed E-state index contributed by atoms with van der Waals surface area (Å²) >= 11 is 5.99. The van der Waals surface area contributed by atoms with Crippen molar-refractivity contribution in [3.63, 3.8) is 0 Å². The zero-order valence-corrected chi connectivity index (χ0v) is 11.4. The Bertz CT molecular complexity index is 753. The van der Waals surface area contributed by atoms with E-state index in [1.54, 1.807) is 24.3 Å². The molecule has 0 aliphatic heterocycles. The topological polar surface area (TPSA) is 84.0 Å². The van der Waals surface area contributed by atoms with Crippen LogP contribution in [0.3, 0.4) is 0 Å². The van der Waals surface area contributed by atoms with Gasteiger partial charge in [-0.15, -0.1) is 0 Å². The Hall–Kier alpha value is -2.71. The van der Waals surface area contributed by atoms with Crippen LogP contribution in [0.15, 0.2) is 48.5 Å². The van der Waals surface area contributed by atoms with Gasteiger partial charge in [-0.25, -0.2) is 0 Å². The number of benzene rings is 2. The Morgan fingerprint density at radius 1 is 1.19 bits per heavy atom. The second-order valence-electron chi connectivity index (χ2n) is 4.22. The monoisotopic (exact) mass is 300 g/mol. The first-order valence-electron chi connectivity index (χ1n) is 5.98. The van der Waals surface area contributed by atoms with Gasteiger partial charge in [-0.1, -0.05) is 41.9 Å². The summed E-state index contributed by atoms with van der Waals surface area (Å²) in [5.41, 5.74) is -0.0893. The van der Waals surface area contributed by atoms with Crippen LogP contribution in [-0.2, 0) is 0 Å². The van der Waals surface area contributed by atoms with E-state index in [0.717, 1.165) is 0 Å². The van der Waals surface area contributed by atoms with Crippen molar-refractivity contribution in [2.75, 3.05) is 0 Å². The van der Waals surface area contributed by atoms with Crippen LogP contribution in [0.25, 0.3) is 0 Å². The van der Waals surface area contributed by atoms with Gasteiger partial charge in [-0.05, 0) is 17.7 Å². The molecular weight excluding hydrogens is 292 g/mol. The molecule has 5 nitrogen and oxygen atoms in total. The first-order chi connectivity index (χ1) is 10.1. The van der Waals surface area contributed by atoms with E-state index in [0.29, 0.717) is 5.56 Å². The molecule has 2 aromatic rings. The summed E-state index contributed by atoms with van der Waals surface area (Å²) in [6.45, 7) is 0. The molecule has 0 amide bonds. The van der Waals surface area contributed by atoms with Gasteiger partial charge in [0.2, 0.25) is 0 Å². The molecule has 0 radical (unpaired) electrons. The van der Waals surface area contributed by atoms with Crippen LogP contribution in [0.5, 0.6) is 0 Å². The third-order valence-electron chi connectivity index (χ3n) is 2.97. The Balaban J connectivity index is 2.51. The number of rotatable bonds is 4. The fraction of sp³-hybridized carbons (Fsp3) is 0.0667. The van der Waals surface area contributed by atoms with E-state index in [4.69, 9.17) is 11.6 Å². The van der Waals surface area contributed by atoms with Crippen LogP contribution >= 0.6 is 11.6 Å². The summed E-state index contributed by atoms with van der Waals surface area (Å²) in [6.07, 6.45) is 0. The van der Waals surface area contributed by atoms with Crippen molar-refractivity contribution in [2.45, 2.75) is 5.92 Å². The summed E-state index contributed by atoms with van der Waals surface area (Å²) in [6, 6.07) is 13.9. The molecule has 0 saturated carbocycles. The van der Waals surface area contributed by atoms with Crippen LogP contribution in [0, 0.1) is 21.4 Å². The van der Waals surface area contributed by atoms with Gasteiger partial charge in [-0.3, -0.25) is 14.9 Å². The van der Waals surface area contributed by atoms with E-state index in [1.807, 2.05) is 6.07 Å². The molecular formula is C15H9ClN2O3. The second kappa shape index (κ2) is 6.16. The van der Waals surface area contributed by atoms with Gasteiger partial charge in [0.1, 0.15) is 5.92 Å². The van der Waals surface area contributed by atoms with Gasteiger partial charge in [0.05, 0.1) is 16.6 Å². The average Bonchev–Trinajstić information content (AvgIpc) is 2.49. The maximum absolute atomic E-state index is 12.5. The minimum atomic E-state index is -1.18. The van der Waals surface area contributed by atoms with Crippen LogP contribution in [0.4, 0.5) is 5.69 Å². The average molecular weight is 301 g/mol. The highest BCUT2D eigenvalue weighted by molar-refractivity contribution is 6.31. The highest BCUT2D eigenvalue weighted by atomic mass is 35.5. The van der Waals surface area contributed by atoms with Crippen molar-refractivity contribution in [3.05, 3.63) is 74.8 Å². The van der Waals surface area contributed by atoms with Gasteiger partial charge in [0.25, 0.3) is 5.69 Å². The number of nitrogens with zero attached hydrogens (tertiary/aromatic N) is 2. The van der Waals surface area contributed by atoms with E-state index in [-0.39, 0.29) is 16.3 Å². The Morgan fingerprint density at radius 2 is 1.81 bits per heavy atom. The van der Waals surface area contributed by atoms with Crippen molar-refractivity contribution in [1.82, 2.24) is 0 Å². The lowest BCUT2D eigenvalue weighted by atomic mass is 9.91. The summed E-state index contributed by atoms with van der Waals surface area (Å²) in [5.74, 6) is -1.82. The molecule has 0 heterocycles. The number of carbonyl (C=O) groups is 1. The Morgan fingerprint density at radius 3 is 2.43 bits per heavy atom. The molecule has 0 aliphatic rings. The highest BCUT2D eigenvalue weighted by Gasteiger charge is 2.28. The largest absolute Gasteiger partial charge is 0.292 e. The molecule has 21 heavy (non-hydrogen) atoms. The quantitative estimate of drug-likeness (QED) is 0.489. The van der Waals surface area contributed by atoms with Gasteiger partial charge >= 0.3 is 0 Å². The number of Topliss-reactive ketones (excluding diaryl/α,β-unsaturated/α-hetero) is 1. The fourth-order valence-electron chi connectivity index (χ4n) is 1.98. The number of nitro groups is 1. The number of nitro benzene ring substituents is 1. The highest BCUT2D eigenvalue weighted by Crippen LogP contribution is 2.30. The van der Waals surface area contributed by atoms with Crippen molar-refractivity contribution >= 4 is 23.1 Å². The van der Waals surface area contributed by atoms with Gasteiger partial charge in [-0.2, -0.15) is 5.26 Å². The SMILES string of the molecule is N#CC(C(=O)c1ccccc1[N+](=O)[O-])c1ccccc1Cl. The fourth-order valence-corrected chi connectivity index (χ4v) is 2.22.